The van der Waals surface area contributed by atoms with Crippen LogP contribution in [0.3, 0.4) is 0 Å². The van der Waals surface area contributed by atoms with Crippen molar-refractivity contribution >= 4 is 5.91 Å². The Kier molecular flexibility index (Phi) is 8.36. The molecule has 1 saturated heterocycles. The molecule has 0 unspecified atom stereocenters. The Morgan fingerprint density at radius 1 is 1.33 bits per heavy atom. The van der Waals surface area contributed by atoms with E-state index in [1.54, 1.807) is 4.90 Å². The van der Waals surface area contributed by atoms with Crippen LogP contribution in [-0.2, 0) is 20.7 Å². The molecule has 5 atom stereocenters. The molecule has 6 heteroatoms. The number of ether oxygens (including phenoxy) is 2. The van der Waals surface area contributed by atoms with Crippen LogP contribution in [0.2, 0.25) is 0 Å². The van der Waals surface area contributed by atoms with Crippen LogP contribution >= 0.6 is 0 Å². The Hall–Kier alpha value is -1.99. The number of rotatable bonds is 9. The Morgan fingerprint density at radius 2 is 2.15 bits per heavy atom. The van der Waals surface area contributed by atoms with Gasteiger partial charge in [0, 0.05) is 25.4 Å². The van der Waals surface area contributed by atoms with Crippen molar-refractivity contribution in [1.29, 1.82) is 0 Å². The number of hydrogen-bond acceptors (Lipinski definition) is 5. The summed E-state index contributed by atoms with van der Waals surface area (Å²) in [5, 5.41) is 21.1. The highest BCUT2D eigenvalue weighted by molar-refractivity contribution is 5.77. The summed E-state index contributed by atoms with van der Waals surface area (Å²) in [6.07, 6.45) is 8.41. The third-order valence-electron chi connectivity index (χ3n) is 7.19. The van der Waals surface area contributed by atoms with Gasteiger partial charge in [-0.05, 0) is 43.6 Å². The topological polar surface area (TPSA) is 79.2 Å². The van der Waals surface area contributed by atoms with Gasteiger partial charge in [0.2, 0.25) is 5.91 Å². The number of benzene rings is 1. The number of fused-ring (bicyclic) bond motifs is 1. The van der Waals surface area contributed by atoms with E-state index in [4.69, 9.17) is 9.47 Å². The van der Waals surface area contributed by atoms with E-state index < -0.39 is 6.10 Å². The second kappa shape index (κ2) is 11.4. The summed E-state index contributed by atoms with van der Waals surface area (Å²) in [7, 11) is 0. The molecule has 4 rings (SSSR count). The lowest BCUT2D eigenvalue weighted by Gasteiger charge is -2.26. The molecule has 1 aromatic rings. The highest BCUT2D eigenvalue weighted by Crippen LogP contribution is 2.47. The number of aliphatic hydroxyl groups excluding tert-OH is 2. The van der Waals surface area contributed by atoms with E-state index >= 15 is 0 Å². The van der Waals surface area contributed by atoms with E-state index in [0.717, 1.165) is 24.8 Å². The van der Waals surface area contributed by atoms with Crippen LogP contribution < -0.4 is 0 Å². The molecule has 0 bridgehead atoms. The largest absolute Gasteiger partial charge is 0.392 e. The van der Waals surface area contributed by atoms with Gasteiger partial charge < -0.3 is 24.6 Å². The Labute approximate surface area is 196 Å². The molecule has 3 aliphatic rings. The first-order valence-corrected chi connectivity index (χ1v) is 12.2. The van der Waals surface area contributed by atoms with Crippen LogP contribution in [0.4, 0.5) is 0 Å². The number of nitrogens with zero attached hydrogens (tertiary/aromatic N) is 1. The summed E-state index contributed by atoms with van der Waals surface area (Å²) >= 11 is 0. The summed E-state index contributed by atoms with van der Waals surface area (Å²) in [6.45, 7) is 5.22. The predicted molar refractivity (Wildman–Crippen MR) is 127 cm³/mol. The predicted octanol–water partition coefficient (Wildman–Crippen LogP) is 2.66. The molecule has 180 valence electrons. The molecule has 33 heavy (non-hydrogen) atoms. The highest BCUT2D eigenvalue weighted by Gasteiger charge is 2.43. The number of amides is 1. The smallest absolute Gasteiger partial charge is 0.248 e. The minimum absolute atomic E-state index is 0.0353. The molecule has 0 aromatic heterocycles. The van der Waals surface area contributed by atoms with Gasteiger partial charge in [-0.1, -0.05) is 53.6 Å². The second-order valence-electron chi connectivity index (χ2n) is 9.68. The fourth-order valence-electron chi connectivity index (χ4n) is 5.46. The molecule has 0 radical (unpaired) electrons. The zero-order valence-corrected chi connectivity index (χ0v) is 19.6. The van der Waals surface area contributed by atoms with Gasteiger partial charge in [0.25, 0.3) is 0 Å². The van der Waals surface area contributed by atoms with Gasteiger partial charge in [-0.3, -0.25) is 4.79 Å². The molecular weight excluding hydrogens is 418 g/mol. The molecule has 2 N–H and O–H groups in total. The van der Waals surface area contributed by atoms with E-state index in [0.29, 0.717) is 51.2 Å². The van der Waals surface area contributed by atoms with E-state index in [9.17, 15) is 15.0 Å². The van der Waals surface area contributed by atoms with Gasteiger partial charge in [-0.2, -0.15) is 0 Å². The van der Waals surface area contributed by atoms with Crippen LogP contribution in [0.5, 0.6) is 0 Å². The summed E-state index contributed by atoms with van der Waals surface area (Å²) < 4.78 is 10.9. The van der Waals surface area contributed by atoms with Crippen molar-refractivity contribution in [2.75, 3.05) is 39.5 Å². The molecule has 2 fully saturated rings. The van der Waals surface area contributed by atoms with Gasteiger partial charge >= 0.3 is 0 Å². The van der Waals surface area contributed by atoms with Crippen LogP contribution in [-0.4, -0.2) is 72.7 Å². The zero-order valence-electron chi connectivity index (χ0n) is 19.6. The monoisotopic (exact) mass is 455 g/mol. The van der Waals surface area contributed by atoms with Gasteiger partial charge in [0.15, 0.2) is 0 Å². The summed E-state index contributed by atoms with van der Waals surface area (Å²) in [5.74, 6) is 0.869. The van der Waals surface area contributed by atoms with Crippen molar-refractivity contribution in [2.24, 2.45) is 17.8 Å². The molecule has 1 amide bonds. The van der Waals surface area contributed by atoms with Crippen molar-refractivity contribution in [3.05, 3.63) is 59.2 Å². The van der Waals surface area contributed by atoms with Crippen molar-refractivity contribution in [3.63, 3.8) is 0 Å². The van der Waals surface area contributed by atoms with Crippen molar-refractivity contribution in [1.82, 2.24) is 4.90 Å². The van der Waals surface area contributed by atoms with Crippen molar-refractivity contribution in [3.8, 4) is 0 Å². The molecule has 1 saturated carbocycles. The first kappa shape index (κ1) is 24.1. The molecule has 6 nitrogen and oxygen atoms in total. The lowest BCUT2D eigenvalue weighted by atomic mass is 9.88. The Morgan fingerprint density at radius 3 is 2.94 bits per heavy atom. The van der Waals surface area contributed by atoms with E-state index in [1.807, 2.05) is 24.3 Å². The maximum atomic E-state index is 12.2. The standard InChI is InChI=1S/C27H37NO5/c1-19-3-2-4-20(13-19)15-23(29)5-6-24-25-16-21(14-22(25)17-26(24)30)7-10-33-18-27(31)28-8-11-32-12-9-28/h2-6,13-14,22-26,29-30H,7-12,15-18H2,1H3/b6-5+/t22-,23+,24+,25-,26+/m0/s1. The first-order valence-electron chi connectivity index (χ1n) is 12.2. The fourth-order valence-corrected chi connectivity index (χ4v) is 5.46. The van der Waals surface area contributed by atoms with Gasteiger partial charge in [0.1, 0.15) is 6.61 Å². The quantitative estimate of drug-likeness (QED) is 0.442. The maximum absolute atomic E-state index is 12.2. The van der Waals surface area contributed by atoms with Gasteiger partial charge in [-0.15, -0.1) is 0 Å². The molecular formula is C27H37NO5. The highest BCUT2D eigenvalue weighted by atomic mass is 16.5. The average molecular weight is 456 g/mol. The number of hydrogen-bond donors (Lipinski definition) is 2. The fraction of sp³-hybridized carbons (Fsp3) is 0.593. The first-order chi connectivity index (χ1) is 16.0. The normalized spacial score (nSPS) is 28.2. The zero-order chi connectivity index (χ0) is 23.2. The van der Waals surface area contributed by atoms with Crippen LogP contribution in [0.1, 0.15) is 30.4 Å². The average Bonchev–Trinajstić information content (AvgIpc) is 3.32. The van der Waals surface area contributed by atoms with E-state index in [2.05, 4.69) is 25.1 Å². The number of carbonyl (C=O) groups is 1. The molecule has 1 aromatic carbocycles. The van der Waals surface area contributed by atoms with Gasteiger partial charge in [0.05, 0.1) is 32.0 Å². The van der Waals surface area contributed by atoms with Crippen LogP contribution in [0, 0.1) is 24.7 Å². The van der Waals surface area contributed by atoms with E-state index in [-0.39, 0.29) is 24.5 Å². The number of aryl methyl sites for hydroxylation is 1. The molecule has 1 aliphatic heterocycles. The lowest BCUT2D eigenvalue weighted by Crippen LogP contribution is -2.42. The molecule has 2 aliphatic carbocycles. The lowest BCUT2D eigenvalue weighted by molar-refractivity contribution is -0.140. The minimum Gasteiger partial charge on any atom is -0.392 e. The Bertz CT molecular complexity index is 860. The van der Waals surface area contributed by atoms with Crippen LogP contribution in [0.25, 0.3) is 0 Å². The SMILES string of the molecule is Cc1cccc(C[C@H](O)/C=C/[C@@H]2[C@H]3CC(CCOCC(=O)N4CCOCC4)=C[C@H]3C[C@H]2O)c1. The molecule has 0 spiro atoms. The maximum Gasteiger partial charge on any atom is 0.248 e. The number of aliphatic hydroxyl groups is 2. The summed E-state index contributed by atoms with van der Waals surface area (Å²) in [6, 6.07) is 8.20. The van der Waals surface area contributed by atoms with Crippen molar-refractivity contribution in [2.45, 2.75) is 44.8 Å². The summed E-state index contributed by atoms with van der Waals surface area (Å²) in [4.78, 5) is 14.0. The van der Waals surface area contributed by atoms with Crippen molar-refractivity contribution < 1.29 is 24.5 Å². The Balaban J connectivity index is 1.21. The second-order valence-corrected chi connectivity index (χ2v) is 9.68. The van der Waals surface area contributed by atoms with Gasteiger partial charge in [-0.25, -0.2) is 0 Å². The van der Waals surface area contributed by atoms with E-state index in [1.165, 1.54) is 11.1 Å². The number of morpholine rings is 1. The number of carbonyl (C=O) groups excluding carboxylic acids is 1. The molecule has 1 heterocycles. The third-order valence-corrected chi connectivity index (χ3v) is 7.19. The minimum atomic E-state index is -0.552. The van der Waals surface area contributed by atoms with Crippen LogP contribution in [0.15, 0.2) is 48.1 Å². The summed E-state index contributed by atoms with van der Waals surface area (Å²) in [5.41, 5.74) is 3.67. The third kappa shape index (κ3) is 6.54. The number of allylic oxidation sites excluding steroid dienone is 1.